The summed E-state index contributed by atoms with van der Waals surface area (Å²) in [5.41, 5.74) is 1.29. The third kappa shape index (κ3) is 3.77. The molecule has 0 saturated heterocycles. The second kappa shape index (κ2) is 5.36. The molecule has 0 atom stereocenters. The Kier molecular flexibility index (Phi) is 4.89. The Balaban J connectivity index is 3.71. The molecule has 0 aliphatic carbocycles. The van der Waals surface area contributed by atoms with Crippen LogP contribution in [0.2, 0.25) is 0 Å². The van der Waals surface area contributed by atoms with Crippen molar-refractivity contribution in [2.45, 2.75) is 20.3 Å². The highest BCUT2D eigenvalue weighted by molar-refractivity contribution is 5.18. The van der Waals surface area contributed by atoms with Crippen LogP contribution in [0.5, 0.6) is 0 Å². The third-order valence-corrected chi connectivity index (χ3v) is 1.22. The van der Waals surface area contributed by atoms with Crippen LogP contribution in [0.4, 0.5) is 0 Å². The molecule has 0 bridgehead atoms. The van der Waals surface area contributed by atoms with Crippen LogP contribution in [0.1, 0.15) is 20.3 Å². The Morgan fingerprint density at radius 3 is 2.44 bits per heavy atom. The molecule has 0 rings (SSSR count). The van der Waals surface area contributed by atoms with Gasteiger partial charge < -0.3 is 0 Å². The first-order chi connectivity index (χ1) is 4.35. The molecule has 0 spiro atoms. The number of allylic oxidation sites excluding steroid dienone is 5. The minimum atomic E-state index is 1.01. The molecular formula is C9H14. The monoisotopic (exact) mass is 122 g/mol. The van der Waals surface area contributed by atoms with Gasteiger partial charge in [-0.05, 0) is 25.8 Å². The maximum absolute atomic E-state index is 3.68. The van der Waals surface area contributed by atoms with E-state index in [2.05, 4.69) is 18.7 Å². The summed E-state index contributed by atoms with van der Waals surface area (Å²) < 4.78 is 0. The Bertz CT molecular complexity index is 127. The van der Waals surface area contributed by atoms with Gasteiger partial charge in [0.2, 0.25) is 0 Å². The van der Waals surface area contributed by atoms with Crippen molar-refractivity contribution in [3.05, 3.63) is 36.5 Å². The fraction of sp³-hybridized carbons (Fsp3) is 0.333. The van der Waals surface area contributed by atoms with E-state index in [1.807, 2.05) is 26.0 Å². The van der Waals surface area contributed by atoms with Crippen molar-refractivity contribution in [3.8, 4) is 0 Å². The molecule has 0 aromatic rings. The topological polar surface area (TPSA) is 0 Å². The molecule has 0 nitrogen and oxygen atoms in total. The minimum Gasteiger partial charge on any atom is -0.0988 e. The molecule has 0 N–H and O–H groups in total. The van der Waals surface area contributed by atoms with E-state index < -0.39 is 0 Å². The lowest BCUT2D eigenvalue weighted by Crippen LogP contribution is -1.70. The Hall–Kier alpha value is -0.780. The lowest BCUT2D eigenvalue weighted by Gasteiger charge is -1.91. The van der Waals surface area contributed by atoms with Gasteiger partial charge in [-0.25, -0.2) is 0 Å². The first-order valence-corrected chi connectivity index (χ1v) is 3.24. The van der Waals surface area contributed by atoms with Gasteiger partial charge in [0.15, 0.2) is 0 Å². The first-order valence-electron chi connectivity index (χ1n) is 3.24. The quantitative estimate of drug-likeness (QED) is 0.398. The predicted octanol–water partition coefficient (Wildman–Crippen LogP) is 3.08. The maximum atomic E-state index is 3.68. The standard InChI is InChI=1S/C9H14/c1-4-7-8-9(5-2)6-3/h4-7H,2,8H2,1,3H3. The molecule has 0 saturated carbocycles. The maximum Gasteiger partial charge on any atom is -0.0101 e. The largest absolute Gasteiger partial charge is 0.0988 e. The van der Waals surface area contributed by atoms with Gasteiger partial charge in [0.1, 0.15) is 0 Å². The Labute approximate surface area is 57.6 Å². The van der Waals surface area contributed by atoms with Crippen molar-refractivity contribution in [2.24, 2.45) is 0 Å². The van der Waals surface area contributed by atoms with Crippen molar-refractivity contribution in [1.82, 2.24) is 0 Å². The molecular weight excluding hydrogens is 108 g/mol. The second-order valence-corrected chi connectivity index (χ2v) is 1.84. The highest BCUT2D eigenvalue weighted by atomic mass is 13.9. The van der Waals surface area contributed by atoms with Crippen molar-refractivity contribution in [2.75, 3.05) is 0 Å². The van der Waals surface area contributed by atoms with Gasteiger partial charge in [-0.3, -0.25) is 0 Å². The average molecular weight is 122 g/mol. The number of hydrogen-bond acceptors (Lipinski definition) is 0. The van der Waals surface area contributed by atoms with Gasteiger partial charge >= 0.3 is 0 Å². The predicted molar refractivity (Wildman–Crippen MR) is 43.4 cm³/mol. The zero-order valence-corrected chi connectivity index (χ0v) is 6.22. The van der Waals surface area contributed by atoms with E-state index in [4.69, 9.17) is 0 Å². The third-order valence-electron chi connectivity index (χ3n) is 1.22. The summed E-state index contributed by atoms with van der Waals surface area (Å²) in [5.74, 6) is 0. The normalized spacial score (nSPS) is 12.4. The van der Waals surface area contributed by atoms with Gasteiger partial charge in [-0.15, -0.1) is 0 Å². The fourth-order valence-corrected chi connectivity index (χ4v) is 0.573. The van der Waals surface area contributed by atoms with E-state index in [9.17, 15) is 0 Å². The average Bonchev–Trinajstić information content (AvgIpc) is 1.91. The molecule has 0 aromatic carbocycles. The molecule has 0 heteroatoms. The summed E-state index contributed by atoms with van der Waals surface area (Å²) in [4.78, 5) is 0. The summed E-state index contributed by atoms with van der Waals surface area (Å²) in [6, 6.07) is 0. The van der Waals surface area contributed by atoms with Crippen molar-refractivity contribution >= 4 is 0 Å². The van der Waals surface area contributed by atoms with Crippen LogP contribution in [0.3, 0.4) is 0 Å². The van der Waals surface area contributed by atoms with E-state index in [-0.39, 0.29) is 0 Å². The van der Waals surface area contributed by atoms with Crippen molar-refractivity contribution in [1.29, 1.82) is 0 Å². The Morgan fingerprint density at radius 2 is 2.11 bits per heavy atom. The summed E-state index contributed by atoms with van der Waals surface area (Å²) in [5, 5.41) is 0. The van der Waals surface area contributed by atoms with E-state index in [1.165, 1.54) is 5.57 Å². The van der Waals surface area contributed by atoms with Gasteiger partial charge in [0, 0.05) is 0 Å². The fourth-order valence-electron chi connectivity index (χ4n) is 0.573. The van der Waals surface area contributed by atoms with Gasteiger partial charge in [-0.1, -0.05) is 30.9 Å². The Morgan fingerprint density at radius 1 is 1.44 bits per heavy atom. The summed E-state index contributed by atoms with van der Waals surface area (Å²) in [6.45, 7) is 7.74. The zero-order chi connectivity index (χ0) is 7.11. The van der Waals surface area contributed by atoms with Crippen molar-refractivity contribution in [3.63, 3.8) is 0 Å². The summed E-state index contributed by atoms with van der Waals surface area (Å²) in [7, 11) is 0. The van der Waals surface area contributed by atoms with Crippen LogP contribution in [0, 0.1) is 0 Å². The van der Waals surface area contributed by atoms with Crippen LogP contribution in [-0.4, -0.2) is 0 Å². The molecule has 0 aliphatic heterocycles. The van der Waals surface area contributed by atoms with Crippen LogP contribution < -0.4 is 0 Å². The highest BCUT2D eigenvalue weighted by Crippen LogP contribution is 2.01. The van der Waals surface area contributed by atoms with Crippen LogP contribution in [0.15, 0.2) is 36.5 Å². The SMILES string of the molecule is C=CC(=CC)CC=CC. The molecule has 0 amide bonds. The molecule has 0 radical (unpaired) electrons. The van der Waals surface area contributed by atoms with Crippen LogP contribution in [-0.2, 0) is 0 Å². The van der Waals surface area contributed by atoms with Crippen LogP contribution in [0.25, 0.3) is 0 Å². The summed E-state index contributed by atoms with van der Waals surface area (Å²) in [6.07, 6.45) is 9.15. The van der Waals surface area contributed by atoms with Gasteiger partial charge in [0.05, 0.1) is 0 Å². The lowest BCUT2D eigenvalue weighted by molar-refractivity contribution is 1.27. The first kappa shape index (κ1) is 8.22. The highest BCUT2D eigenvalue weighted by Gasteiger charge is 1.81. The molecule has 50 valence electrons. The van der Waals surface area contributed by atoms with E-state index in [0.29, 0.717) is 0 Å². The second-order valence-electron chi connectivity index (χ2n) is 1.84. The molecule has 9 heavy (non-hydrogen) atoms. The minimum absolute atomic E-state index is 1.01. The van der Waals surface area contributed by atoms with Crippen molar-refractivity contribution < 1.29 is 0 Å². The lowest BCUT2D eigenvalue weighted by atomic mass is 10.2. The van der Waals surface area contributed by atoms with Crippen LogP contribution >= 0.6 is 0 Å². The smallest absolute Gasteiger partial charge is 0.0101 e. The number of hydrogen-bond donors (Lipinski definition) is 0. The molecule has 0 aliphatic rings. The van der Waals surface area contributed by atoms with Gasteiger partial charge in [-0.2, -0.15) is 0 Å². The molecule has 0 aromatic heterocycles. The van der Waals surface area contributed by atoms with Gasteiger partial charge in [0.25, 0.3) is 0 Å². The molecule has 0 fully saturated rings. The van der Waals surface area contributed by atoms with E-state index >= 15 is 0 Å². The zero-order valence-electron chi connectivity index (χ0n) is 6.22. The van der Waals surface area contributed by atoms with E-state index in [0.717, 1.165) is 6.42 Å². The molecule has 0 unspecified atom stereocenters. The summed E-state index contributed by atoms with van der Waals surface area (Å²) >= 11 is 0. The number of rotatable bonds is 3. The molecule has 0 heterocycles. The van der Waals surface area contributed by atoms with E-state index in [1.54, 1.807) is 0 Å².